The van der Waals surface area contributed by atoms with Crippen LogP contribution < -0.4 is 5.32 Å². The maximum atomic E-state index is 11.9. The number of aliphatic imine (C=N–C) groups is 1. The molecule has 1 unspecified atom stereocenters. The highest BCUT2D eigenvalue weighted by Gasteiger charge is 2.18. The standard InChI is InChI=1S/C20H30N4O.HI/c1-5-16(2)22-20(21-15-19(25)23(3)4)24-13-11-18(12-14-24)17-9-7-6-8-10-17;/h6-11,16H,5,12-15H2,1-4H3,(H,21,22);1H. The van der Waals surface area contributed by atoms with Crippen molar-refractivity contribution in [3.05, 3.63) is 42.0 Å². The van der Waals surface area contributed by atoms with Crippen molar-refractivity contribution in [2.45, 2.75) is 32.7 Å². The number of likely N-dealkylation sites (N-methyl/N-ethyl adjacent to an activating group) is 1. The van der Waals surface area contributed by atoms with E-state index in [1.54, 1.807) is 19.0 Å². The lowest BCUT2D eigenvalue weighted by molar-refractivity contribution is -0.127. The molecule has 2 rings (SSSR count). The lowest BCUT2D eigenvalue weighted by Gasteiger charge is -2.31. The Kier molecular flexibility index (Phi) is 9.69. The van der Waals surface area contributed by atoms with E-state index < -0.39 is 0 Å². The first-order chi connectivity index (χ1) is 12.0. The fraction of sp³-hybridized carbons (Fsp3) is 0.500. The van der Waals surface area contributed by atoms with Crippen molar-refractivity contribution in [2.75, 3.05) is 33.7 Å². The van der Waals surface area contributed by atoms with Gasteiger partial charge in [0.05, 0.1) is 0 Å². The van der Waals surface area contributed by atoms with E-state index in [1.165, 1.54) is 11.1 Å². The van der Waals surface area contributed by atoms with Crippen LogP contribution in [0.3, 0.4) is 0 Å². The first-order valence-corrected chi connectivity index (χ1v) is 9.01. The monoisotopic (exact) mass is 470 g/mol. The van der Waals surface area contributed by atoms with Crippen LogP contribution in [-0.4, -0.2) is 61.4 Å². The molecule has 0 aliphatic carbocycles. The van der Waals surface area contributed by atoms with Crippen molar-refractivity contribution in [1.82, 2.24) is 15.1 Å². The smallest absolute Gasteiger partial charge is 0.243 e. The second kappa shape index (κ2) is 11.2. The maximum absolute atomic E-state index is 11.9. The number of guanidine groups is 1. The van der Waals surface area contributed by atoms with E-state index in [0.717, 1.165) is 31.9 Å². The summed E-state index contributed by atoms with van der Waals surface area (Å²) in [7, 11) is 3.52. The van der Waals surface area contributed by atoms with Gasteiger partial charge in [-0.25, -0.2) is 4.99 Å². The lowest BCUT2D eigenvalue weighted by Crippen LogP contribution is -2.47. The van der Waals surface area contributed by atoms with E-state index in [1.807, 2.05) is 6.07 Å². The Morgan fingerprint density at radius 3 is 2.54 bits per heavy atom. The number of rotatable bonds is 5. The molecular weight excluding hydrogens is 439 g/mol. The van der Waals surface area contributed by atoms with Gasteiger partial charge in [-0.15, -0.1) is 24.0 Å². The largest absolute Gasteiger partial charge is 0.354 e. The Morgan fingerprint density at radius 1 is 1.31 bits per heavy atom. The van der Waals surface area contributed by atoms with Crippen LogP contribution in [0.15, 0.2) is 41.4 Å². The summed E-state index contributed by atoms with van der Waals surface area (Å²) in [6, 6.07) is 10.8. The Balaban J connectivity index is 0.00000338. The number of carbonyl (C=O) groups excluding carboxylic acids is 1. The number of halogens is 1. The highest BCUT2D eigenvalue weighted by Crippen LogP contribution is 2.22. The first-order valence-electron chi connectivity index (χ1n) is 9.01. The third-order valence-electron chi connectivity index (χ3n) is 4.50. The summed E-state index contributed by atoms with van der Waals surface area (Å²) in [5, 5.41) is 3.46. The van der Waals surface area contributed by atoms with Gasteiger partial charge in [0.15, 0.2) is 5.96 Å². The molecule has 1 aromatic carbocycles. The molecule has 1 aliphatic heterocycles. The van der Waals surface area contributed by atoms with Gasteiger partial charge in [-0.3, -0.25) is 4.79 Å². The van der Waals surface area contributed by atoms with Gasteiger partial charge in [-0.1, -0.05) is 43.3 Å². The molecule has 1 atom stereocenters. The van der Waals surface area contributed by atoms with Crippen LogP contribution >= 0.6 is 24.0 Å². The second-order valence-corrected chi connectivity index (χ2v) is 6.67. The van der Waals surface area contributed by atoms with Crippen molar-refractivity contribution in [3.8, 4) is 0 Å². The van der Waals surface area contributed by atoms with E-state index in [0.29, 0.717) is 6.04 Å². The normalized spacial score (nSPS) is 15.6. The minimum absolute atomic E-state index is 0. The van der Waals surface area contributed by atoms with Crippen molar-refractivity contribution in [2.24, 2.45) is 4.99 Å². The summed E-state index contributed by atoms with van der Waals surface area (Å²) >= 11 is 0. The molecule has 1 amide bonds. The van der Waals surface area contributed by atoms with Gasteiger partial charge in [-0.2, -0.15) is 0 Å². The van der Waals surface area contributed by atoms with Crippen molar-refractivity contribution < 1.29 is 4.79 Å². The van der Waals surface area contributed by atoms with Gasteiger partial charge in [-0.05, 0) is 30.9 Å². The van der Waals surface area contributed by atoms with Gasteiger partial charge in [0, 0.05) is 33.2 Å². The van der Waals surface area contributed by atoms with Crippen molar-refractivity contribution in [3.63, 3.8) is 0 Å². The molecule has 5 nitrogen and oxygen atoms in total. The minimum Gasteiger partial charge on any atom is -0.354 e. The summed E-state index contributed by atoms with van der Waals surface area (Å²) in [6.45, 7) is 6.17. The van der Waals surface area contributed by atoms with Gasteiger partial charge in [0.2, 0.25) is 5.91 Å². The predicted octanol–water partition coefficient (Wildman–Crippen LogP) is 3.23. The van der Waals surface area contributed by atoms with Crippen LogP contribution in [0.1, 0.15) is 32.3 Å². The molecule has 0 aromatic heterocycles. The number of hydrogen-bond acceptors (Lipinski definition) is 2. The van der Waals surface area contributed by atoms with Crippen LogP contribution in [-0.2, 0) is 4.79 Å². The van der Waals surface area contributed by atoms with E-state index >= 15 is 0 Å². The van der Waals surface area contributed by atoms with Crippen LogP contribution in [0.25, 0.3) is 5.57 Å². The Morgan fingerprint density at radius 2 is 2.00 bits per heavy atom. The third-order valence-corrected chi connectivity index (χ3v) is 4.50. The van der Waals surface area contributed by atoms with Gasteiger partial charge >= 0.3 is 0 Å². The first kappa shape index (κ1) is 22.5. The molecule has 26 heavy (non-hydrogen) atoms. The summed E-state index contributed by atoms with van der Waals surface area (Å²) in [5.41, 5.74) is 2.67. The van der Waals surface area contributed by atoms with E-state index in [4.69, 9.17) is 0 Å². The average molecular weight is 470 g/mol. The number of nitrogens with one attached hydrogen (secondary N) is 1. The number of nitrogens with zero attached hydrogens (tertiary/aromatic N) is 3. The second-order valence-electron chi connectivity index (χ2n) is 6.67. The zero-order valence-corrected chi connectivity index (χ0v) is 18.6. The van der Waals surface area contributed by atoms with E-state index in [2.05, 4.69) is 59.4 Å². The molecule has 0 radical (unpaired) electrons. The minimum atomic E-state index is 0. The maximum Gasteiger partial charge on any atom is 0.243 e. The Bertz CT molecular complexity index is 628. The molecule has 1 N–H and O–H groups in total. The molecule has 0 spiro atoms. The quantitative estimate of drug-likeness (QED) is 0.409. The van der Waals surface area contributed by atoms with Crippen LogP contribution in [0, 0.1) is 0 Å². The molecule has 0 saturated heterocycles. The average Bonchev–Trinajstić information content (AvgIpc) is 2.65. The molecule has 1 heterocycles. The molecule has 0 saturated carbocycles. The SMILES string of the molecule is CCC(C)NC(=NCC(=O)N(C)C)N1CC=C(c2ccccc2)CC1.I. The molecule has 0 fully saturated rings. The fourth-order valence-electron chi connectivity index (χ4n) is 2.62. The highest BCUT2D eigenvalue weighted by atomic mass is 127. The molecule has 1 aliphatic rings. The number of benzene rings is 1. The van der Waals surface area contributed by atoms with Crippen LogP contribution in [0.5, 0.6) is 0 Å². The van der Waals surface area contributed by atoms with E-state index in [9.17, 15) is 4.79 Å². The fourth-order valence-corrected chi connectivity index (χ4v) is 2.62. The summed E-state index contributed by atoms with van der Waals surface area (Å²) < 4.78 is 0. The summed E-state index contributed by atoms with van der Waals surface area (Å²) in [6.07, 6.45) is 4.26. The molecule has 1 aromatic rings. The van der Waals surface area contributed by atoms with Crippen molar-refractivity contribution >= 4 is 41.4 Å². The number of carbonyl (C=O) groups is 1. The Labute approximate surface area is 174 Å². The van der Waals surface area contributed by atoms with Gasteiger partial charge < -0.3 is 15.1 Å². The highest BCUT2D eigenvalue weighted by molar-refractivity contribution is 14.0. The molecule has 6 heteroatoms. The molecule has 144 valence electrons. The lowest BCUT2D eigenvalue weighted by atomic mass is 10.00. The summed E-state index contributed by atoms with van der Waals surface area (Å²) in [4.78, 5) is 20.2. The zero-order chi connectivity index (χ0) is 18.2. The summed E-state index contributed by atoms with van der Waals surface area (Å²) in [5.74, 6) is 0.842. The number of amides is 1. The topological polar surface area (TPSA) is 47.9 Å². The van der Waals surface area contributed by atoms with Gasteiger partial charge in [0.25, 0.3) is 0 Å². The molecular formula is C20H31IN4O. The van der Waals surface area contributed by atoms with Crippen LogP contribution in [0.2, 0.25) is 0 Å². The van der Waals surface area contributed by atoms with Crippen LogP contribution in [0.4, 0.5) is 0 Å². The number of hydrogen-bond donors (Lipinski definition) is 1. The third kappa shape index (κ3) is 6.63. The Hall–Kier alpha value is -1.57. The van der Waals surface area contributed by atoms with E-state index in [-0.39, 0.29) is 36.4 Å². The molecule has 0 bridgehead atoms. The van der Waals surface area contributed by atoms with Gasteiger partial charge in [0.1, 0.15) is 6.54 Å². The predicted molar refractivity (Wildman–Crippen MR) is 120 cm³/mol. The van der Waals surface area contributed by atoms with Crippen molar-refractivity contribution in [1.29, 1.82) is 0 Å². The zero-order valence-electron chi connectivity index (χ0n) is 16.2.